The van der Waals surface area contributed by atoms with Gasteiger partial charge in [-0.3, -0.25) is 0 Å². The minimum atomic E-state index is 0.421. The van der Waals surface area contributed by atoms with Gasteiger partial charge in [-0.05, 0) is 56.3 Å². The van der Waals surface area contributed by atoms with Crippen LogP contribution in [0.1, 0.15) is 58.8 Å². The Balaban J connectivity index is 1.65. The highest BCUT2D eigenvalue weighted by Crippen LogP contribution is 2.33. The summed E-state index contributed by atoms with van der Waals surface area (Å²) >= 11 is 0. The number of hydrogen-bond acceptors (Lipinski definition) is 1. The largest absolute Gasteiger partial charge is 0.378 e. The molecule has 0 aromatic heterocycles. The van der Waals surface area contributed by atoms with Gasteiger partial charge in [0.05, 0.1) is 12.7 Å². The second-order valence-electron chi connectivity index (χ2n) is 6.36. The Kier molecular flexibility index (Phi) is 4.07. The molecule has 1 heterocycles. The van der Waals surface area contributed by atoms with Crippen LogP contribution in [0.3, 0.4) is 0 Å². The number of allylic oxidation sites excluding steroid dienone is 2. The monoisotopic (exact) mass is 222 g/mol. The molecule has 2 unspecified atom stereocenters. The molecule has 0 N–H and O–H groups in total. The van der Waals surface area contributed by atoms with E-state index in [1.165, 1.54) is 44.9 Å². The molecule has 1 aliphatic carbocycles. The number of hydrogen-bond donors (Lipinski definition) is 0. The molecule has 2 atom stereocenters. The third kappa shape index (κ3) is 3.62. The summed E-state index contributed by atoms with van der Waals surface area (Å²) in [5.74, 6) is 0.934. The molecule has 0 aromatic carbocycles. The van der Waals surface area contributed by atoms with E-state index in [9.17, 15) is 0 Å². The van der Waals surface area contributed by atoms with Gasteiger partial charge in [0.2, 0.25) is 0 Å². The van der Waals surface area contributed by atoms with E-state index in [2.05, 4.69) is 26.0 Å². The maximum absolute atomic E-state index is 5.97. The molecule has 1 fully saturated rings. The lowest BCUT2D eigenvalue weighted by Crippen LogP contribution is -2.31. The van der Waals surface area contributed by atoms with Crippen LogP contribution in [0, 0.1) is 11.3 Å². The summed E-state index contributed by atoms with van der Waals surface area (Å²) in [7, 11) is 0. The molecule has 0 bridgehead atoms. The average molecular weight is 222 g/mol. The predicted octanol–water partition coefficient (Wildman–Crippen LogP) is 4.33. The molecule has 1 saturated heterocycles. The Morgan fingerprint density at radius 2 is 2.06 bits per heavy atom. The summed E-state index contributed by atoms with van der Waals surface area (Å²) in [6.07, 6.45) is 14.5. The van der Waals surface area contributed by atoms with Crippen molar-refractivity contribution >= 4 is 0 Å². The van der Waals surface area contributed by atoms with Crippen LogP contribution in [0.2, 0.25) is 0 Å². The molecule has 92 valence electrons. The van der Waals surface area contributed by atoms with Crippen molar-refractivity contribution < 1.29 is 4.74 Å². The standard InChI is InChI=1S/C15H26O/c1-15(2)11-10-14(16-12-15)9-8-13-6-4-3-5-7-13/h3-4,13-14H,5-12H2,1-2H3. The zero-order chi connectivity index (χ0) is 11.4. The van der Waals surface area contributed by atoms with Crippen molar-refractivity contribution in [2.24, 2.45) is 11.3 Å². The first kappa shape index (κ1) is 12.2. The quantitative estimate of drug-likeness (QED) is 0.646. The van der Waals surface area contributed by atoms with Crippen LogP contribution in [0.15, 0.2) is 12.2 Å². The van der Waals surface area contributed by atoms with Crippen molar-refractivity contribution in [2.45, 2.75) is 64.9 Å². The molecular weight excluding hydrogens is 196 g/mol. The van der Waals surface area contributed by atoms with Crippen molar-refractivity contribution in [3.8, 4) is 0 Å². The van der Waals surface area contributed by atoms with Gasteiger partial charge >= 0.3 is 0 Å². The fourth-order valence-corrected chi connectivity index (χ4v) is 2.82. The molecule has 0 saturated carbocycles. The molecular formula is C15H26O. The Bertz CT molecular complexity index is 232. The highest BCUT2D eigenvalue weighted by molar-refractivity contribution is 4.90. The van der Waals surface area contributed by atoms with Gasteiger partial charge in [-0.1, -0.05) is 26.0 Å². The zero-order valence-corrected chi connectivity index (χ0v) is 10.9. The minimum Gasteiger partial charge on any atom is -0.378 e. The summed E-state index contributed by atoms with van der Waals surface area (Å²) in [5.41, 5.74) is 0.421. The molecule has 1 heteroatoms. The summed E-state index contributed by atoms with van der Waals surface area (Å²) in [4.78, 5) is 0. The molecule has 16 heavy (non-hydrogen) atoms. The molecule has 1 aliphatic heterocycles. The van der Waals surface area contributed by atoms with E-state index < -0.39 is 0 Å². The van der Waals surface area contributed by atoms with E-state index in [1.807, 2.05) is 0 Å². The number of ether oxygens (including phenoxy) is 1. The van der Waals surface area contributed by atoms with Crippen LogP contribution >= 0.6 is 0 Å². The fraction of sp³-hybridized carbons (Fsp3) is 0.867. The van der Waals surface area contributed by atoms with E-state index in [-0.39, 0.29) is 0 Å². The van der Waals surface area contributed by atoms with Gasteiger partial charge in [0, 0.05) is 0 Å². The van der Waals surface area contributed by atoms with Crippen LogP contribution in [-0.4, -0.2) is 12.7 Å². The van der Waals surface area contributed by atoms with Gasteiger partial charge < -0.3 is 4.74 Å². The lowest BCUT2D eigenvalue weighted by Gasteiger charge is -2.35. The minimum absolute atomic E-state index is 0.421. The van der Waals surface area contributed by atoms with Crippen LogP contribution in [0.25, 0.3) is 0 Å². The van der Waals surface area contributed by atoms with Gasteiger partial charge in [-0.2, -0.15) is 0 Å². The fourth-order valence-electron chi connectivity index (χ4n) is 2.82. The first-order valence-electron chi connectivity index (χ1n) is 6.92. The van der Waals surface area contributed by atoms with Crippen molar-refractivity contribution in [3.63, 3.8) is 0 Å². The molecule has 0 spiro atoms. The van der Waals surface area contributed by atoms with Crippen LogP contribution in [-0.2, 0) is 4.74 Å². The average Bonchev–Trinajstić information content (AvgIpc) is 2.29. The normalized spacial score (nSPS) is 33.9. The van der Waals surface area contributed by atoms with Crippen LogP contribution in [0.5, 0.6) is 0 Å². The Morgan fingerprint density at radius 1 is 1.19 bits per heavy atom. The second-order valence-corrected chi connectivity index (χ2v) is 6.36. The molecule has 0 aromatic rings. The van der Waals surface area contributed by atoms with Gasteiger partial charge in [0.1, 0.15) is 0 Å². The summed E-state index contributed by atoms with van der Waals surface area (Å²) in [6.45, 7) is 5.59. The topological polar surface area (TPSA) is 9.23 Å². The van der Waals surface area contributed by atoms with E-state index in [1.54, 1.807) is 0 Å². The maximum Gasteiger partial charge on any atom is 0.0575 e. The summed E-state index contributed by atoms with van der Waals surface area (Å²) in [6, 6.07) is 0. The van der Waals surface area contributed by atoms with Gasteiger partial charge in [0.25, 0.3) is 0 Å². The molecule has 1 nitrogen and oxygen atoms in total. The van der Waals surface area contributed by atoms with E-state index in [0.29, 0.717) is 11.5 Å². The van der Waals surface area contributed by atoms with Crippen molar-refractivity contribution in [1.82, 2.24) is 0 Å². The van der Waals surface area contributed by atoms with Crippen molar-refractivity contribution in [1.29, 1.82) is 0 Å². The van der Waals surface area contributed by atoms with E-state index in [4.69, 9.17) is 4.74 Å². The Labute approximate surface area is 100 Å². The van der Waals surface area contributed by atoms with Gasteiger partial charge in [-0.15, -0.1) is 0 Å². The maximum atomic E-state index is 5.97. The third-order valence-corrected chi connectivity index (χ3v) is 4.13. The molecule has 2 aliphatic rings. The SMILES string of the molecule is CC1(C)CCC(CCC2CC=CCC2)OC1. The van der Waals surface area contributed by atoms with Crippen molar-refractivity contribution in [3.05, 3.63) is 12.2 Å². The lowest BCUT2D eigenvalue weighted by molar-refractivity contribution is -0.0534. The predicted molar refractivity (Wildman–Crippen MR) is 68.5 cm³/mol. The number of rotatable bonds is 3. The zero-order valence-electron chi connectivity index (χ0n) is 10.9. The smallest absolute Gasteiger partial charge is 0.0575 e. The highest BCUT2D eigenvalue weighted by atomic mass is 16.5. The van der Waals surface area contributed by atoms with Gasteiger partial charge in [-0.25, -0.2) is 0 Å². The first-order valence-corrected chi connectivity index (χ1v) is 6.92. The lowest BCUT2D eigenvalue weighted by atomic mass is 9.83. The van der Waals surface area contributed by atoms with Crippen molar-refractivity contribution in [2.75, 3.05) is 6.61 Å². The molecule has 2 rings (SSSR count). The first-order chi connectivity index (χ1) is 7.66. The molecule has 0 radical (unpaired) electrons. The van der Waals surface area contributed by atoms with E-state index >= 15 is 0 Å². The van der Waals surface area contributed by atoms with Crippen LogP contribution in [0.4, 0.5) is 0 Å². The van der Waals surface area contributed by atoms with Gasteiger partial charge in [0.15, 0.2) is 0 Å². The van der Waals surface area contributed by atoms with E-state index in [0.717, 1.165) is 12.5 Å². The second kappa shape index (κ2) is 5.35. The Morgan fingerprint density at radius 3 is 2.69 bits per heavy atom. The highest BCUT2D eigenvalue weighted by Gasteiger charge is 2.27. The molecule has 0 amide bonds. The Hall–Kier alpha value is -0.300. The summed E-state index contributed by atoms with van der Waals surface area (Å²) in [5, 5.41) is 0. The third-order valence-electron chi connectivity index (χ3n) is 4.13. The van der Waals surface area contributed by atoms with Crippen LogP contribution < -0.4 is 0 Å². The summed E-state index contributed by atoms with van der Waals surface area (Å²) < 4.78 is 5.97.